The third-order valence-electron chi connectivity index (χ3n) is 5.59. The number of rotatable bonds is 18. The Morgan fingerprint density at radius 2 is 1.75 bits per heavy atom. The maximum Gasteiger partial charge on any atom is 0.333 e. The Kier molecular flexibility index (Phi) is 14.5. The van der Waals surface area contributed by atoms with Gasteiger partial charge >= 0.3 is 12.0 Å². The van der Waals surface area contributed by atoms with Crippen molar-refractivity contribution >= 4 is 23.8 Å². The van der Waals surface area contributed by atoms with E-state index in [9.17, 15) is 14.7 Å². The first-order chi connectivity index (χ1) is 17.5. The van der Waals surface area contributed by atoms with Crippen LogP contribution >= 0.6 is 11.8 Å². The van der Waals surface area contributed by atoms with Gasteiger partial charge in [-0.1, -0.05) is 55.8 Å². The van der Waals surface area contributed by atoms with Gasteiger partial charge in [-0.2, -0.15) is 11.8 Å². The van der Waals surface area contributed by atoms with Gasteiger partial charge in [-0.3, -0.25) is 0 Å². The minimum absolute atomic E-state index is 0.0726. The van der Waals surface area contributed by atoms with Crippen molar-refractivity contribution in [2.24, 2.45) is 0 Å². The zero-order chi connectivity index (χ0) is 26.0. The predicted octanol–water partition coefficient (Wildman–Crippen LogP) is 4.89. The first kappa shape index (κ1) is 29.5. The summed E-state index contributed by atoms with van der Waals surface area (Å²) < 4.78 is 11.2. The number of unbranched alkanes of at least 4 members (excludes halogenated alkanes) is 1. The van der Waals surface area contributed by atoms with Crippen LogP contribution in [0.3, 0.4) is 0 Å². The van der Waals surface area contributed by atoms with Crippen molar-refractivity contribution in [3.05, 3.63) is 65.7 Å². The minimum atomic E-state index is -0.966. The van der Waals surface area contributed by atoms with E-state index in [0.717, 1.165) is 23.5 Å². The topological polar surface area (TPSA) is 88.1 Å². The Morgan fingerprint density at radius 3 is 2.42 bits per heavy atom. The molecule has 0 saturated carbocycles. The molecule has 2 N–H and O–H groups in total. The fourth-order valence-electron chi connectivity index (χ4n) is 3.54. The van der Waals surface area contributed by atoms with Crippen molar-refractivity contribution in [2.45, 2.75) is 45.6 Å². The molecule has 36 heavy (non-hydrogen) atoms. The molecule has 1 unspecified atom stereocenters. The Hall–Kier alpha value is -2.71. The maximum atomic E-state index is 12.8. The molecule has 1 atom stereocenters. The summed E-state index contributed by atoms with van der Waals surface area (Å²) in [5.74, 6) is 1.72. The Balaban J connectivity index is 1.83. The van der Waals surface area contributed by atoms with Crippen LogP contribution in [0.15, 0.2) is 54.6 Å². The van der Waals surface area contributed by atoms with E-state index < -0.39 is 12.1 Å². The highest BCUT2D eigenvalue weighted by Crippen LogP contribution is 2.15. The molecule has 0 bridgehead atoms. The van der Waals surface area contributed by atoms with Crippen LogP contribution < -0.4 is 10.1 Å². The average Bonchev–Trinajstić information content (AvgIpc) is 2.88. The smallest absolute Gasteiger partial charge is 0.333 e. The molecule has 2 aromatic carbocycles. The predicted molar refractivity (Wildman–Crippen MR) is 146 cm³/mol. The van der Waals surface area contributed by atoms with Crippen molar-refractivity contribution in [3.8, 4) is 5.75 Å². The van der Waals surface area contributed by atoms with E-state index in [1.165, 1.54) is 18.4 Å². The average molecular weight is 517 g/mol. The van der Waals surface area contributed by atoms with E-state index in [0.29, 0.717) is 45.0 Å². The minimum Gasteiger partial charge on any atom is -0.492 e. The number of aliphatic carboxylic acids is 1. The second-order valence-corrected chi connectivity index (χ2v) is 9.62. The van der Waals surface area contributed by atoms with Crippen LogP contribution in [0.25, 0.3) is 0 Å². The third kappa shape index (κ3) is 11.8. The summed E-state index contributed by atoms with van der Waals surface area (Å²) in [5, 5.41) is 12.3. The van der Waals surface area contributed by atoms with Crippen molar-refractivity contribution < 1.29 is 24.2 Å². The van der Waals surface area contributed by atoms with Crippen LogP contribution in [0.5, 0.6) is 5.75 Å². The van der Waals surface area contributed by atoms with Gasteiger partial charge in [0.2, 0.25) is 0 Å². The lowest BCUT2D eigenvalue weighted by Gasteiger charge is -2.23. The molecule has 2 rings (SSSR count). The molecule has 0 fully saturated rings. The molecule has 0 saturated heterocycles. The number of hydrogen-bond acceptors (Lipinski definition) is 5. The Morgan fingerprint density at radius 1 is 1.00 bits per heavy atom. The summed E-state index contributed by atoms with van der Waals surface area (Å²) in [6, 6.07) is 17.4. The molecule has 0 aliphatic rings. The first-order valence-electron chi connectivity index (χ1n) is 12.7. The molecular formula is C28H40N2O5S. The summed E-state index contributed by atoms with van der Waals surface area (Å²) in [7, 11) is 0. The number of ether oxygens (including phenoxy) is 2. The van der Waals surface area contributed by atoms with Gasteiger partial charge in [0, 0.05) is 31.9 Å². The van der Waals surface area contributed by atoms with Gasteiger partial charge in [-0.05, 0) is 48.8 Å². The third-order valence-corrected chi connectivity index (χ3v) is 6.63. The van der Waals surface area contributed by atoms with E-state index >= 15 is 0 Å². The summed E-state index contributed by atoms with van der Waals surface area (Å²) in [6.07, 6.45) is 2.60. The van der Waals surface area contributed by atoms with E-state index in [1.54, 1.807) is 6.92 Å². The fourth-order valence-corrected chi connectivity index (χ4v) is 4.58. The van der Waals surface area contributed by atoms with Crippen molar-refractivity contribution in [1.29, 1.82) is 0 Å². The maximum absolute atomic E-state index is 12.8. The van der Waals surface area contributed by atoms with Gasteiger partial charge in [0.15, 0.2) is 6.10 Å². The van der Waals surface area contributed by atoms with Crippen molar-refractivity contribution in [1.82, 2.24) is 10.2 Å². The number of carboxylic acid groups (broad SMARTS) is 1. The van der Waals surface area contributed by atoms with Crippen LogP contribution in [0.1, 0.15) is 37.8 Å². The number of benzene rings is 2. The number of carbonyl (C=O) groups excluding carboxylic acids is 1. The molecule has 0 heterocycles. The normalized spacial score (nSPS) is 11.6. The highest BCUT2D eigenvalue weighted by molar-refractivity contribution is 7.99. The monoisotopic (exact) mass is 516 g/mol. The van der Waals surface area contributed by atoms with Crippen LogP contribution in [-0.2, 0) is 22.4 Å². The number of nitrogens with zero attached hydrogens (tertiary/aromatic N) is 1. The van der Waals surface area contributed by atoms with Crippen molar-refractivity contribution in [2.75, 3.05) is 44.4 Å². The zero-order valence-electron chi connectivity index (χ0n) is 21.5. The summed E-state index contributed by atoms with van der Waals surface area (Å²) in [6.45, 7) is 6.43. The highest BCUT2D eigenvalue weighted by Gasteiger charge is 2.18. The van der Waals surface area contributed by atoms with Crippen LogP contribution in [-0.4, -0.2) is 72.5 Å². The van der Waals surface area contributed by atoms with Gasteiger partial charge in [-0.25, -0.2) is 9.59 Å². The highest BCUT2D eigenvalue weighted by atomic mass is 32.2. The molecule has 0 aliphatic heterocycles. The van der Waals surface area contributed by atoms with Crippen LogP contribution in [0.2, 0.25) is 0 Å². The number of carbonyl (C=O) groups is 2. The summed E-state index contributed by atoms with van der Waals surface area (Å²) in [5.41, 5.74) is 2.06. The lowest BCUT2D eigenvalue weighted by Crippen LogP contribution is -2.43. The van der Waals surface area contributed by atoms with Gasteiger partial charge in [-0.15, -0.1) is 0 Å². The number of nitrogens with one attached hydrogen (secondary N) is 1. The van der Waals surface area contributed by atoms with Gasteiger partial charge in [0.05, 0.1) is 6.54 Å². The van der Waals surface area contributed by atoms with E-state index in [1.807, 2.05) is 59.1 Å². The van der Waals surface area contributed by atoms with Crippen molar-refractivity contribution in [3.63, 3.8) is 0 Å². The summed E-state index contributed by atoms with van der Waals surface area (Å²) in [4.78, 5) is 26.0. The number of hydrogen-bond donors (Lipinski definition) is 2. The molecule has 2 amide bonds. The first-order valence-corrected chi connectivity index (χ1v) is 13.9. The van der Waals surface area contributed by atoms with Crippen LogP contribution in [0, 0.1) is 0 Å². The molecule has 0 spiro atoms. The number of urea groups is 1. The van der Waals surface area contributed by atoms with Crippen LogP contribution in [0.4, 0.5) is 4.79 Å². The SMILES string of the molecule is CCCCSCCN(CCOc1ccc(CC(OCC)C(=O)O)cc1)C(=O)NCCc1ccccc1. The Bertz CT molecular complexity index is 879. The summed E-state index contributed by atoms with van der Waals surface area (Å²) >= 11 is 1.87. The molecule has 0 aliphatic carbocycles. The number of carboxylic acids is 1. The Labute approximate surface area is 219 Å². The zero-order valence-corrected chi connectivity index (χ0v) is 22.3. The van der Waals surface area contributed by atoms with Gasteiger partial charge < -0.3 is 24.8 Å². The van der Waals surface area contributed by atoms with E-state index in [-0.39, 0.29) is 6.03 Å². The molecule has 0 radical (unpaired) electrons. The molecular weight excluding hydrogens is 476 g/mol. The number of thioether (sulfide) groups is 1. The van der Waals surface area contributed by atoms with Gasteiger partial charge in [0.1, 0.15) is 12.4 Å². The second kappa shape index (κ2) is 17.7. The molecule has 7 nitrogen and oxygen atoms in total. The van der Waals surface area contributed by atoms with E-state index in [2.05, 4.69) is 24.4 Å². The largest absolute Gasteiger partial charge is 0.492 e. The lowest BCUT2D eigenvalue weighted by atomic mass is 10.1. The number of amides is 2. The molecule has 0 aromatic heterocycles. The van der Waals surface area contributed by atoms with Gasteiger partial charge in [0.25, 0.3) is 0 Å². The lowest BCUT2D eigenvalue weighted by molar-refractivity contribution is -0.149. The molecule has 198 valence electrons. The molecule has 2 aromatic rings. The second-order valence-electron chi connectivity index (χ2n) is 8.40. The quantitative estimate of drug-likeness (QED) is 0.275. The van der Waals surface area contributed by atoms with E-state index in [4.69, 9.17) is 9.47 Å². The fraction of sp³-hybridized carbons (Fsp3) is 0.500. The standard InChI is InChI=1S/C28H40N2O5S/c1-3-5-20-36-21-18-30(28(33)29-16-15-23-9-7-6-8-10-23)17-19-35-25-13-11-24(12-14-25)22-26(27(31)32)34-4-2/h6-14,26H,3-5,15-22H2,1-2H3,(H,29,33)(H,31,32). The molecule has 8 heteroatoms.